The van der Waals surface area contributed by atoms with E-state index in [0.29, 0.717) is 0 Å². The lowest BCUT2D eigenvalue weighted by atomic mass is 10.1. The predicted molar refractivity (Wildman–Crippen MR) is 56.7 cm³/mol. The summed E-state index contributed by atoms with van der Waals surface area (Å²) in [6.45, 7) is 5.98. The zero-order valence-corrected chi connectivity index (χ0v) is 9.05. The van der Waals surface area contributed by atoms with Gasteiger partial charge in [-0.1, -0.05) is 26.7 Å². The molecule has 4 unspecified atom stereocenters. The molecule has 0 aromatic heterocycles. The van der Waals surface area contributed by atoms with Crippen LogP contribution in [-0.2, 0) is 0 Å². The zero-order valence-electron chi connectivity index (χ0n) is 9.05. The van der Waals surface area contributed by atoms with E-state index in [1.807, 2.05) is 0 Å². The topological polar surface area (TPSA) is 12.0 Å². The highest BCUT2D eigenvalue weighted by Crippen LogP contribution is 2.41. The Bertz CT molecular complexity index is 149. The lowest BCUT2D eigenvalue weighted by Crippen LogP contribution is -2.18. The Balaban J connectivity index is 1.37. The Labute approximate surface area is 82.3 Å². The molecule has 0 heterocycles. The molecule has 1 nitrogen and oxygen atoms in total. The summed E-state index contributed by atoms with van der Waals surface area (Å²) in [5.74, 6) is 3.11. The molecule has 76 valence electrons. The van der Waals surface area contributed by atoms with E-state index in [2.05, 4.69) is 19.2 Å². The fourth-order valence-electron chi connectivity index (χ4n) is 2.23. The van der Waals surface area contributed by atoms with Gasteiger partial charge in [0.25, 0.3) is 0 Å². The minimum absolute atomic E-state index is 0.875. The molecule has 0 aromatic carbocycles. The Morgan fingerprint density at radius 1 is 1.08 bits per heavy atom. The molecule has 0 aliphatic heterocycles. The molecule has 13 heavy (non-hydrogen) atoms. The van der Waals surface area contributed by atoms with Crippen LogP contribution in [-0.4, -0.2) is 12.6 Å². The first-order valence-electron chi connectivity index (χ1n) is 6.00. The lowest BCUT2D eigenvalue weighted by Gasteiger charge is -2.02. The molecule has 0 bridgehead atoms. The first-order valence-corrected chi connectivity index (χ1v) is 6.00. The first-order chi connectivity index (χ1) is 6.27. The molecular weight excluding hydrogens is 158 g/mol. The van der Waals surface area contributed by atoms with E-state index >= 15 is 0 Å². The Morgan fingerprint density at radius 3 is 2.31 bits per heavy atom. The highest BCUT2D eigenvalue weighted by Gasteiger charge is 2.32. The van der Waals surface area contributed by atoms with Gasteiger partial charge in [0.15, 0.2) is 0 Å². The summed E-state index contributed by atoms with van der Waals surface area (Å²) in [4.78, 5) is 0. The number of hydrogen-bond acceptors (Lipinski definition) is 1. The second-order valence-corrected chi connectivity index (χ2v) is 5.24. The van der Waals surface area contributed by atoms with Gasteiger partial charge in [-0.3, -0.25) is 0 Å². The third-order valence-corrected chi connectivity index (χ3v) is 3.79. The van der Waals surface area contributed by atoms with Crippen molar-refractivity contribution in [1.29, 1.82) is 0 Å². The molecule has 2 saturated carbocycles. The van der Waals surface area contributed by atoms with Gasteiger partial charge in [-0.15, -0.1) is 0 Å². The van der Waals surface area contributed by atoms with Crippen molar-refractivity contribution < 1.29 is 0 Å². The largest absolute Gasteiger partial charge is 0.314 e. The first kappa shape index (κ1) is 9.51. The van der Waals surface area contributed by atoms with Crippen LogP contribution in [0.25, 0.3) is 0 Å². The van der Waals surface area contributed by atoms with Crippen LogP contribution in [0.3, 0.4) is 0 Å². The fourth-order valence-corrected chi connectivity index (χ4v) is 2.23. The van der Waals surface area contributed by atoms with E-state index in [1.54, 1.807) is 0 Å². The lowest BCUT2D eigenvalue weighted by molar-refractivity contribution is 0.556. The fraction of sp³-hybridized carbons (Fsp3) is 1.00. The zero-order chi connectivity index (χ0) is 9.26. The molecule has 4 atom stereocenters. The van der Waals surface area contributed by atoms with Crippen LogP contribution in [0.2, 0.25) is 0 Å². The minimum atomic E-state index is 0.875. The van der Waals surface area contributed by atoms with Gasteiger partial charge in [0.1, 0.15) is 0 Å². The Morgan fingerprint density at radius 2 is 1.77 bits per heavy atom. The molecule has 0 radical (unpaired) electrons. The van der Waals surface area contributed by atoms with Gasteiger partial charge in [0.05, 0.1) is 0 Å². The summed E-state index contributed by atoms with van der Waals surface area (Å²) in [5.41, 5.74) is 0. The van der Waals surface area contributed by atoms with Gasteiger partial charge in [0, 0.05) is 6.04 Å². The SMILES string of the molecule is CC1CC1CCCCNC1CC1C. The normalized spacial score (nSPS) is 42.0. The highest BCUT2D eigenvalue weighted by molar-refractivity contribution is 4.89. The second-order valence-electron chi connectivity index (χ2n) is 5.24. The van der Waals surface area contributed by atoms with Crippen molar-refractivity contribution >= 4 is 0 Å². The molecule has 0 spiro atoms. The molecule has 2 aliphatic carbocycles. The van der Waals surface area contributed by atoms with Gasteiger partial charge >= 0.3 is 0 Å². The second kappa shape index (κ2) is 4.00. The number of nitrogens with one attached hydrogen (secondary N) is 1. The molecule has 2 aliphatic rings. The molecule has 0 saturated heterocycles. The van der Waals surface area contributed by atoms with Crippen molar-refractivity contribution in [2.24, 2.45) is 17.8 Å². The summed E-state index contributed by atoms with van der Waals surface area (Å²) in [6, 6.07) is 0.875. The third kappa shape index (κ3) is 2.98. The van der Waals surface area contributed by atoms with E-state index in [-0.39, 0.29) is 0 Å². The number of rotatable bonds is 6. The van der Waals surface area contributed by atoms with Crippen molar-refractivity contribution in [3.63, 3.8) is 0 Å². The van der Waals surface area contributed by atoms with Crippen molar-refractivity contribution in [2.45, 2.75) is 52.0 Å². The number of hydrogen-bond donors (Lipinski definition) is 1. The van der Waals surface area contributed by atoms with Crippen LogP contribution in [0, 0.1) is 17.8 Å². The van der Waals surface area contributed by atoms with E-state index in [1.165, 1.54) is 38.6 Å². The van der Waals surface area contributed by atoms with Gasteiger partial charge < -0.3 is 5.32 Å². The Hall–Kier alpha value is -0.0400. The number of unbranched alkanes of at least 4 members (excludes halogenated alkanes) is 1. The highest BCUT2D eigenvalue weighted by atomic mass is 15.0. The van der Waals surface area contributed by atoms with Crippen LogP contribution in [0.4, 0.5) is 0 Å². The van der Waals surface area contributed by atoms with E-state index in [9.17, 15) is 0 Å². The van der Waals surface area contributed by atoms with Crippen molar-refractivity contribution in [1.82, 2.24) is 5.32 Å². The third-order valence-electron chi connectivity index (χ3n) is 3.79. The van der Waals surface area contributed by atoms with Crippen LogP contribution < -0.4 is 5.32 Å². The van der Waals surface area contributed by atoms with E-state index in [4.69, 9.17) is 0 Å². The maximum atomic E-state index is 3.61. The van der Waals surface area contributed by atoms with Crippen LogP contribution in [0.5, 0.6) is 0 Å². The summed E-state index contributed by atoms with van der Waals surface area (Å²) in [7, 11) is 0. The van der Waals surface area contributed by atoms with Gasteiger partial charge in [-0.2, -0.15) is 0 Å². The standard InChI is InChI=1S/C12H23N/c1-9-7-11(9)5-3-4-6-13-12-8-10(12)2/h9-13H,3-8H2,1-2H3. The van der Waals surface area contributed by atoms with E-state index in [0.717, 1.165) is 23.8 Å². The molecule has 2 rings (SSSR count). The summed E-state index contributed by atoms with van der Waals surface area (Å²) >= 11 is 0. The van der Waals surface area contributed by atoms with Gasteiger partial charge in [-0.05, 0) is 43.6 Å². The molecule has 2 fully saturated rings. The van der Waals surface area contributed by atoms with Crippen LogP contribution in [0.15, 0.2) is 0 Å². The van der Waals surface area contributed by atoms with E-state index < -0.39 is 0 Å². The average Bonchev–Trinajstić information content (AvgIpc) is 2.95. The smallest absolute Gasteiger partial charge is 0.00963 e. The molecule has 1 N–H and O–H groups in total. The van der Waals surface area contributed by atoms with Gasteiger partial charge in [-0.25, -0.2) is 0 Å². The van der Waals surface area contributed by atoms with Crippen molar-refractivity contribution in [3.8, 4) is 0 Å². The summed E-state index contributed by atoms with van der Waals surface area (Å²) in [5, 5.41) is 3.61. The van der Waals surface area contributed by atoms with Crippen molar-refractivity contribution in [2.75, 3.05) is 6.54 Å². The van der Waals surface area contributed by atoms with Crippen molar-refractivity contribution in [3.05, 3.63) is 0 Å². The molecule has 0 aromatic rings. The average molecular weight is 181 g/mol. The molecular formula is C12H23N. The predicted octanol–water partition coefficient (Wildman–Crippen LogP) is 2.81. The molecule has 1 heteroatoms. The summed E-state index contributed by atoms with van der Waals surface area (Å²) in [6.07, 6.45) is 7.26. The Kier molecular flexibility index (Phi) is 2.92. The molecule has 0 amide bonds. The summed E-state index contributed by atoms with van der Waals surface area (Å²) < 4.78 is 0. The van der Waals surface area contributed by atoms with Gasteiger partial charge in [0.2, 0.25) is 0 Å². The van der Waals surface area contributed by atoms with Crippen LogP contribution >= 0.6 is 0 Å². The quantitative estimate of drug-likeness (QED) is 0.621. The monoisotopic (exact) mass is 181 g/mol. The maximum Gasteiger partial charge on any atom is 0.00963 e. The maximum absolute atomic E-state index is 3.61. The minimum Gasteiger partial charge on any atom is -0.314 e. The van der Waals surface area contributed by atoms with Crippen LogP contribution in [0.1, 0.15) is 46.0 Å².